The average molecular weight is 344 g/mol. The number of hydrogen-bond acceptors (Lipinski definition) is 7. The van der Waals surface area contributed by atoms with Gasteiger partial charge in [-0.3, -0.25) is 19.1 Å². The van der Waals surface area contributed by atoms with Gasteiger partial charge < -0.3 is 15.2 Å². The molecule has 0 radical (unpaired) electrons. The number of hydrogen-bond donors (Lipinski definition) is 2. The number of nitrogens with one attached hydrogen (secondary N) is 1. The van der Waals surface area contributed by atoms with E-state index in [2.05, 4.69) is 15.3 Å². The summed E-state index contributed by atoms with van der Waals surface area (Å²) in [5.41, 5.74) is -0.0922. The number of fused-ring (bicyclic) bond motifs is 1. The van der Waals surface area contributed by atoms with Gasteiger partial charge in [0.25, 0.3) is 11.5 Å². The van der Waals surface area contributed by atoms with E-state index in [4.69, 9.17) is 0 Å². The van der Waals surface area contributed by atoms with Gasteiger partial charge in [0.05, 0.1) is 6.54 Å². The van der Waals surface area contributed by atoms with Crippen LogP contribution in [0.25, 0.3) is 20.9 Å². The van der Waals surface area contributed by atoms with E-state index < -0.39 is 22.8 Å². The van der Waals surface area contributed by atoms with Gasteiger partial charge in [-0.1, -0.05) is 0 Å². The molecule has 0 atom stereocenters. The topological polar surface area (TPSA) is 114 Å². The minimum atomic E-state index is -0.807. The number of carbonyl (C=O) groups excluding carboxylic acids is 2. The Kier molecular flexibility index (Phi) is 4.09. The molecule has 3 heterocycles. The van der Waals surface area contributed by atoms with Crippen LogP contribution in [0.3, 0.4) is 0 Å². The van der Waals surface area contributed by atoms with Crippen LogP contribution in [-0.2, 0) is 11.8 Å². The van der Waals surface area contributed by atoms with Gasteiger partial charge in [0, 0.05) is 25.0 Å². The molecule has 0 aliphatic carbocycles. The lowest BCUT2D eigenvalue weighted by Gasteiger charge is -2.07. The molecule has 3 rings (SSSR count). The lowest BCUT2D eigenvalue weighted by Crippen LogP contribution is -2.33. The highest BCUT2D eigenvalue weighted by Crippen LogP contribution is 2.35. The lowest BCUT2D eigenvalue weighted by atomic mass is 10.2. The molecule has 2 N–H and O–H groups in total. The fourth-order valence-electron chi connectivity index (χ4n) is 2.21. The molecule has 0 spiro atoms. The maximum atomic E-state index is 12.4. The van der Waals surface area contributed by atoms with Gasteiger partial charge in [-0.25, -0.2) is 4.98 Å². The fourth-order valence-corrected chi connectivity index (χ4v) is 3.25. The van der Waals surface area contributed by atoms with Crippen molar-refractivity contribution < 1.29 is 14.7 Å². The van der Waals surface area contributed by atoms with Gasteiger partial charge in [-0.15, -0.1) is 11.3 Å². The Labute approximate surface area is 139 Å². The SMILES string of the molecule is Cn1c(=O)c(C(=O)NCC=O)c(O)c2sc(-c3cccnc3)nc21. The second kappa shape index (κ2) is 6.20. The third-order valence-corrected chi connectivity index (χ3v) is 4.48. The molecular weight excluding hydrogens is 332 g/mol. The summed E-state index contributed by atoms with van der Waals surface area (Å²) in [5, 5.41) is 13.2. The van der Waals surface area contributed by atoms with E-state index in [1.54, 1.807) is 24.5 Å². The smallest absolute Gasteiger partial charge is 0.268 e. The molecule has 24 heavy (non-hydrogen) atoms. The molecule has 0 saturated carbocycles. The van der Waals surface area contributed by atoms with Crippen molar-refractivity contribution in [3.05, 3.63) is 40.4 Å². The Morgan fingerprint density at radius 1 is 1.50 bits per heavy atom. The summed E-state index contributed by atoms with van der Waals surface area (Å²) in [7, 11) is 1.47. The fraction of sp³-hybridized carbons (Fsp3) is 0.133. The van der Waals surface area contributed by atoms with E-state index >= 15 is 0 Å². The minimum Gasteiger partial charge on any atom is -0.505 e. The van der Waals surface area contributed by atoms with E-state index in [9.17, 15) is 19.5 Å². The van der Waals surface area contributed by atoms with Crippen molar-refractivity contribution in [2.45, 2.75) is 0 Å². The molecular formula is C15H12N4O4S. The van der Waals surface area contributed by atoms with E-state index in [0.29, 0.717) is 16.0 Å². The van der Waals surface area contributed by atoms with E-state index in [-0.39, 0.29) is 12.2 Å². The molecule has 0 aliphatic heterocycles. The molecule has 0 aliphatic rings. The lowest BCUT2D eigenvalue weighted by molar-refractivity contribution is -0.107. The number of nitrogens with zero attached hydrogens (tertiary/aromatic N) is 3. The predicted octanol–water partition coefficient (Wildman–Crippen LogP) is 0.691. The Bertz CT molecular complexity index is 994. The van der Waals surface area contributed by atoms with Gasteiger partial charge >= 0.3 is 0 Å². The first-order valence-corrected chi connectivity index (χ1v) is 7.71. The number of aryl methyl sites for hydroxylation is 1. The van der Waals surface area contributed by atoms with Gasteiger partial charge in [0.15, 0.2) is 11.4 Å². The maximum absolute atomic E-state index is 12.4. The van der Waals surface area contributed by atoms with E-state index in [0.717, 1.165) is 16.9 Å². The van der Waals surface area contributed by atoms with Crippen LogP contribution in [0.4, 0.5) is 0 Å². The Morgan fingerprint density at radius 2 is 2.29 bits per heavy atom. The zero-order chi connectivity index (χ0) is 17.3. The summed E-state index contributed by atoms with van der Waals surface area (Å²) in [6.45, 7) is -0.247. The first-order chi connectivity index (χ1) is 11.5. The van der Waals surface area contributed by atoms with E-state index in [1.807, 2.05) is 0 Å². The zero-order valence-corrected chi connectivity index (χ0v) is 13.3. The molecule has 122 valence electrons. The number of carbonyl (C=O) groups is 2. The first kappa shape index (κ1) is 15.8. The quantitative estimate of drug-likeness (QED) is 0.673. The average Bonchev–Trinajstić information content (AvgIpc) is 3.05. The number of aldehydes is 1. The van der Waals surface area contributed by atoms with Crippen LogP contribution in [0.5, 0.6) is 5.75 Å². The number of aromatic nitrogens is 3. The monoisotopic (exact) mass is 344 g/mol. The number of thiazole rings is 1. The van der Waals surface area contributed by atoms with Crippen LogP contribution in [0.2, 0.25) is 0 Å². The van der Waals surface area contributed by atoms with Crippen LogP contribution in [0.1, 0.15) is 10.4 Å². The molecule has 0 fully saturated rings. The molecule has 0 saturated heterocycles. The van der Waals surface area contributed by atoms with Crippen molar-refractivity contribution in [3.63, 3.8) is 0 Å². The van der Waals surface area contributed by atoms with Crippen LogP contribution < -0.4 is 10.9 Å². The predicted molar refractivity (Wildman–Crippen MR) is 88.2 cm³/mol. The Morgan fingerprint density at radius 3 is 2.96 bits per heavy atom. The van der Waals surface area contributed by atoms with Gasteiger partial charge in [-0.2, -0.15) is 0 Å². The maximum Gasteiger partial charge on any atom is 0.268 e. The number of pyridine rings is 2. The van der Waals surface area contributed by atoms with Crippen molar-refractivity contribution in [1.29, 1.82) is 0 Å². The van der Waals surface area contributed by atoms with Crippen molar-refractivity contribution in [3.8, 4) is 16.3 Å². The molecule has 3 aromatic heterocycles. The normalized spacial score (nSPS) is 10.7. The zero-order valence-electron chi connectivity index (χ0n) is 12.5. The second-order valence-corrected chi connectivity index (χ2v) is 5.88. The van der Waals surface area contributed by atoms with Crippen LogP contribution in [0, 0.1) is 0 Å². The number of rotatable bonds is 4. The minimum absolute atomic E-state index is 0.247. The summed E-state index contributed by atoms with van der Waals surface area (Å²) < 4.78 is 1.51. The van der Waals surface area contributed by atoms with Crippen molar-refractivity contribution in [2.24, 2.45) is 7.05 Å². The second-order valence-electron chi connectivity index (χ2n) is 4.88. The summed E-state index contributed by atoms with van der Waals surface area (Å²) in [4.78, 5) is 43.2. The van der Waals surface area contributed by atoms with Gasteiger partial charge in [0.1, 0.15) is 21.6 Å². The Hall–Kier alpha value is -3.07. The molecule has 0 aromatic carbocycles. The van der Waals surface area contributed by atoms with Crippen LogP contribution in [0.15, 0.2) is 29.3 Å². The highest BCUT2D eigenvalue weighted by atomic mass is 32.1. The van der Waals surface area contributed by atoms with Crippen molar-refractivity contribution >= 4 is 33.9 Å². The Balaban J connectivity index is 2.21. The summed E-state index contributed by atoms with van der Waals surface area (Å²) >= 11 is 1.14. The first-order valence-electron chi connectivity index (χ1n) is 6.89. The van der Waals surface area contributed by atoms with Gasteiger partial charge in [-0.05, 0) is 12.1 Å². The number of aromatic hydroxyl groups is 1. The third-order valence-electron chi connectivity index (χ3n) is 3.38. The summed E-state index contributed by atoms with van der Waals surface area (Å²) in [6, 6.07) is 3.55. The van der Waals surface area contributed by atoms with Crippen molar-refractivity contribution in [1.82, 2.24) is 19.9 Å². The summed E-state index contributed by atoms with van der Waals surface area (Å²) in [6.07, 6.45) is 3.73. The van der Waals surface area contributed by atoms with E-state index in [1.165, 1.54) is 11.6 Å². The molecule has 1 amide bonds. The highest BCUT2D eigenvalue weighted by molar-refractivity contribution is 7.22. The summed E-state index contributed by atoms with van der Waals surface area (Å²) in [5.74, 6) is -1.25. The van der Waals surface area contributed by atoms with Crippen molar-refractivity contribution in [2.75, 3.05) is 6.54 Å². The third kappa shape index (κ3) is 2.54. The molecule has 0 bridgehead atoms. The standard InChI is InChI=1S/C15H12N4O4S/c1-19-12-11(24-14(18-12)8-3-2-4-16-7-8)10(21)9(15(19)23)13(22)17-5-6-20/h2-4,6-7,21H,5H2,1H3,(H,17,22). The molecule has 9 heteroatoms. The molecule has 3 aromatic rings. The molecule has 0 unspecified atom stereocenters. The largest absolute Gasteiger partial charge is 0.505 e. The van der Waals surface area contributed by atoms with Crippen LogP contribution in [-0.4, -0.2) is 38.4 Å². The van der Waals surface area contributed by atoms with Gasteiger partial charge in [0.2, 0.25) is 0 Å². The highest BCUT2D eigenvalue weighted by Gasteiger charge is 2.23. The molecule has 8 nitrogen and oxygen atoms in total. The number of amides is 1. The van der Waals surface area contributed by atoms with Crippen LogP contribution >= 0.6 is 11.3 Å².